The first-order valence-corrected chi connectivity index (χ1v) is 14.4. The third kappa shape index (κ3) is 3.58. The predicted molar refractivity (Wildman–Crippen MR) is 175 cm³/mol. The second-order valence-electron chi connectivity index (χ2n) is 10.7. The number of fused-ring (bicyclic) bond motifs is 8. The minimum Gasteiger partial charge on any atom is -0.292 e. The van der Waals surface area contributed by atoms with Gasteiger partial charge in [-0.3, -0.25) is 14.0 Å². The van der Waals surface area contributed by atoms with Crippen molar-refractivity contribution in [1.29, 1.82) is 0 Å². The zero-order valence-corrected chi connectivity index (χ0v) is 23.2. The molecule has 43 heavy (non-hydrogen) atoms. The highest BCUT2D eigenvalue weighted by atomic mass is 15.3. The van der Waals surface area contributed by atoms with Crippen LogP contribution in [-0.4, -0.2) is 19.1 Å². The van der Waals surface area contributed by atoms with E-state index in [0.717, 1.165) is 62.2 Å². The molecule has 1 aliphatic rings. The number of hydrogen-bond donors (Lipinski definition) is 0. The molecule has 0 spiro atoms. The number of para-hydroxylation sites is 6. The molecule has 0 saturated carbocycles. The van der Waals surface area contributed by atoms with Crippen LogP contribution in [0.2, 0.25) is 0 Å². The molecule has 0 saturated heterocycles. The fourth-order valence-corrected chi connectivity index (χ4v) is 6.37. The molecule has 1 aliphatic heterocycles. The summed E-state index contributed by atoms with van der Waals surface area (Å²) in [5, 5.41) is 0. The Morgan fingerprint density at radius 1 is 0.395 bits per heavy atom. The van der Waals surface area contributed by atoms with Crippen LogP contribution in [0.1, 0.15) is 0 Å². The lowest BCUT2D eigenvalue weighted by atomic mass is 10.0. The molecule has 0 radical (unpaired) electrons. The van der Waals surface area contributed by atoms with Gasteiger partial charge in [0.15, 0.2) is 0 Å². The topological polar surface area (TPSA) is 38.9 Å². The summed E-state index contributed by atoms with van der Waals surface area (Å²) < 4.78 is 4.53. The lowest BCUT2D eigenvalue weighted by molar-refractivity contribution is 1.05. The van der Waals surface area contributed by atoms with E-state index in [1.54, 1.807) is 0 Å². The van der Waals surface area contributed by atoms with Gasteiger partial charge in [-0.25, -0.2) is 9.97 Å². The number of anilines is 3. The Balaban J connectivity index is 1.27. The van der Waals surface area contributed by atoms with Crippen LogP contribution in [0, 0.1) is 0 Å². The van der Waals surface area contributed by atoms with Crippen molar-refractivity contribution in [3.63, 3.8) is 0 Å². The standard InChI is InChI=1S/C38H25N5/c1-2-12-26(13-3-1)37-39-31-16-6-10-20-35(31)41(37)27-22-24-28(25-23-27)42-33-18-8-4-14-29(33)30-15-5-9-19-34(30)43-36-21-11-7-17-32(36)40-38(42)43/h1-25H. The summed E-state index contributed by atoms with van der Waals surface area (Å²) in [5.74, 6) is 1.79. The Kier molecular flexibility index (Phi) is 5.13. The smallest absolute Gasteiger partial charge is 0.220 e. The first-order chi connectivity index (χ1) is 21.3. The van der Waals surface area contributed by atoms with Gasteiger partial charge in [-0.15, -0.1) is 0 Å². The minimum atomic E-state index is 0.865. The van der Waals surface area contributed by atoms with E-state index in [0.29, 0.717) is 0 Å². The largest absolute Gasteiger partial charge is 0.292 e. The van der Waals surface area contributed by atoms with Crippen molar-refractivity contribution in [2.45, 2.75) is 0 Å². The molecule has 0 aliphatic carbocycles. The molecule has 8 aromatic rings. The van der Waals surface area contributed by atoms with Crippen LogP contribution in [0.5, 0.6) is 0 Å². The number of hydrogen-bond acceptors (Lipinski definition) is 3. The number of aromatic nitrogens is 4. The number of imidazole rings is 2. The van der Waals surface area contributed by atoms with E-state index >= 15 is 0 Å². The van der Waals surface area contributed by atoms with Gasteiger partial charge in [0.25, 0.3) is 0 Å². The van der Waals surface area contributed by atoms with Crippen molar-refractivity contribution in [2.24, 2.45) is 0 Å². The average molecular weight is 552 g/mol. The molecule has 0 N–H and O–H groups in total. The maximum absolute atomic E-state index is 5.21. The summed E-state index contributed by atoms with van der Waals surface area (Å²) in [6.07, 6.45) is 0. The molecule has 6 aromatic carbocycles. The lowest BCUT2D eigenvalue weighted by Gasteiger charge is -2.24. The highest BCUT2D eigenvalue weighted by Gasteiger charge is 2.29. The van der Waals surface area contributed by atoms with Crippen molar-refractivity contribution in [1.82, 2.24) is 19.1 Å². The Bertz CT molecular complexity index is 2290. The third-order valence-electron chi connectivity index (χ3n) is 8.28. The van der Waals surface area contributed by atoms with Crippen LogP contribution in [-0.2, 0) is 0 Å². The van der Waals surface area contributed by atoms with E-state index in [1.807, 2.05) is 18.2 Å². The second kappa shape index (κ2) is 9.29. The first kappa shape index (κ1) is 23.7. The number of rotatable bonds is 3. The van der Waals surface area contributed by atoms with E-state index in [-0.39, 0.29) is 0 Å². The molecule has 9 rings (SSSR count). The average Bonchev–Trinajstić information content (AvgIpc) is 3.62. The minimum absolute atomic E-state index is 0.865. The van der Waals surface area contributed by atoms with E-state index < -0.39 is 0 Å². The summed E-state index contributed by atoms with van der Waals surface area (Å²) in [4.78, 5) is 12.5. The molecule has 202 valence electrons. The van der Waals surface area contributed by atoms with Gasteiger partial charge in [0.05, 0.1) is 33.4 Å². The number of nitrogens with zero attached hydrogens (tertiary/aromatic N) is 5. The van der Waals surface area contributed by atoms with Crippen molar-refractivity contribution >= 4 is 39.4 Å². The SMILES string of the molecule is c1ccc(-c2nc3ccccc3n2-c2ccc(N3c4ccccc4-c4ccccc4-n4c3nc3ccccc34)cc2)cc1. The van der Waals surface area contributed by atoms with Crippen LogP contribution < -0.4 is 4.90 Å². The summed E-state index contributed by atoms with van der Waals surface area (Å²) in [6, 6.07) is 53.0. The molecular formula is C38H25N5. The summed E-state index contributed by atoms with van der Waals surface area (Å²) in [6.45, 7) is 0. The second-order valence-corrected chi connectivity index (χ2v) is 10.7. The fraction of sp³-hybridized carbons (Fsp3) is 0. The van der Waals surface area contributed by atoms with Gasteiger partial charge in [-0.2, -0.15) is 0 Å². The molecule has 0 bridgehead atoms. The van der Waals surface area contributed by atoms with Crippen molar-refractivity contribution < 1.29 is 0 Å². The molecule has 2 aromatic heterocycles. The molecule has 0 fully saturated rings. The van der Waals surface area contributed by atoms with E-state index in [9.17, 15) is 0 Å². The van der Waals surface area contributed by atoms with Crippen LogP contribution in [0.4, 0.5) is 17.3 Å². The highest BCUT2D eigenvalue weighted by molar-refractivity contribution is 5.96. The zero-order valence-electron chi connectivity index (χ0n) is 23.2. The highest BCUT2D eigenvalue weighted by Crippen LogP contribution is 2.47. The van der Waals surface area contributed by atoms with Gasteiger partial charge < -0.3 is 0 Å². The Labute approximate surface area is 248 Å². The van der Waals surface area contributed by atoms with Gasteiger partial charge in [0.1, 0.15) is 5.82 Å². The zero-order chi connectivity index (χ0) is 28.3. The summed E-state index contributed by atoms with van der Waals surface area (Å²) in [5.41, 5.74) is 11.8. The Morgan fingerprint density at radius 3 is 1.67 bits per heavy atom. The van der Waals surface area contributed by atoms with Crippen LogP contribution >= 0.6 is 0 Å². The van der Waals surface area contributed by atoms with Crippen LogP contribution in [0.3, 0.4) is 0 Å². The van der Waals surface area contributed by atoms with E-state index in [1.165, 1.54) is 11.1 Å². The van der Waals surface area contributed by atoms with Gasteiger partial charge in [-0.1, -0.05) is 91.0 Å². The molecule has 0 amide bonds. The van der Waals surface area contributed by atoms with Crippen molar-refractivity contribution in [3.05, 3.63) is 152 Å². The first-order valence-electron chi connectivity index (χ1n) is 14.4. The molecule has 0 atom stereocenters. The van der Waals surface area contributed by atoms with Gasteiger partial charge >= 0.3 is 0 Å². The number of benzene rings is 6. The Hall–Kier alpha value is -5.94. The van der Waals surface area contributed by atoms with Crippen molar-refractivity contribution in [2.75, 3.05) is 4.90 Å². The molecular weight excluding hydrogens is 526 g/mol. The molecule has 3 heterocycles. The molecule has 5 heteroatoms. The maximum Gasteiger partial charge on any atom is 0.220 e. The molecule has 5 nitrogen and oxygen atoms in total. The third-order valence-corrected chi connectivity index (χ3v) is 8.28. The Morgan fingerprint density at radius 2 is 0.930 bits per heavy atom. The summed E-state index contributed by atoms with van der Waals surface area (Å²) in [7, 11) is 0. The quantitative estimate of drug-likeness (QED) is 0.219. The lowest BCUT2D eigenvalue weighted by Crippen LogP contribution is -2.14. The predicted octanol–water partition coefficient (Wildman–Crippen LogP) is 9.48. The summed E-state index contributed by atoms with van der Waals surface area (Å²) >= 11 is 0. The maximum atomic E-state index is 5.21. The normalized spacial score (nSPS) is 12.1. The van der Waals surface area contributed by atoms with E-state index in [4.69, 9.17) is 9.97 Å². The van der Waals surface area contributed by atoms with Crippen molar-refractivity contribution in [3.8, 4) is 33.9 Å². The monoisotopic (exact) mass is 551 g/mol. The van der Waals surface area contributed by atoms with Crippen LogP contribution in [0.15, 0.2) is 152 Å². The van der Waals surface area contributed by atoms with Gasteiger partial charge in [0.2, 0.25) is 5.95 Å². The van der Waals surface area contributed by atoms with Gasteiger partial charge in [0, 0.05) is 28.1 Å². The van der Waals surface area contributed by atoms with Gasteiger partial charge in [-0.05, 0) is 60.7 Å². The van der Waals surface area contributed by atoms with E-state index in [2.05, 4.69) is 147 Å². The molecule has 0 unspecified atom stereocenters. The fourth-order valence-electron chi connectivity index (χ4n) is 6.37. The van der Waals surface area contributed by atoms with Crippen LogP contribution in [0.25, 0.3) is 56.0 Å².